The van der Waals surface area contributed by atoms with Crippen LogP contribution >= 0.6 is 0 Å². The van der Waals surface area contributed by atoms with Crippen molar-refractivity contribution < 1.29 is 32.6 Å². The smallest absolute Gasteiger partial charge is 0.379 e. The second kappa shape index (κ2) is 8.63. The van der Waals surface area contributed by atoms with E-state index in [-0.39, 0.29) is 22.3 Å². The van der Waals surface area contributed by atoms with Gasteiger partial charge in [0.2, 0.25) is 0 Å². The van der Waals surface area contributed by atoms with Crippen LogP contribution in [0.1, 0.15) is 30.9 Å². The Morgan fingerprint density at radius 2 is 2.03 bits per heavy atom. The zero-order valence-corrected chi connectivity index (χ0v) is 16.6. The zero-order chi connectivity index (χ0) is 22.9. The molecule has 1 aliphatic heterocycles. The van der Waals surface area contributed by atoms with Crippen LogP contribution in [0.25, 0.3) is 10.9 Å². The summed E-state index contributed by atoms with van der Waals surface area (Å²) in [6.45, 7) is 0.450. The number of hydrogen-bond donors (Lipinski definition) is 3. The minimum atomic E-state index is -4.79. The van der Waals surface area contributed by atoms with Crippen molar-refractivity contribution >= 4 is 28.4 Å². The fourth-order valence-electron chi connectivity index (χ4n) is 3.35. The molecule has 170 valence electrons. The van der Waals surface area contributed by atoms with Crippen LogP contribution in [0.5, 0.6) is 0 Å². The number of carbonyl (C=O) groups excluding carboxylic acids is 1. The fraction of sp³-hybridized carbons (Fsp3) is 0.350. The summed E-state index contributed by atoms with van der Waals surface area (Å²) in [5.41, 5.74) is -0.326. The normalized spacial score (nSPS) is 17.8. The highest BCUT2D eigenvalue weighted by Gasteiger charge is 2.39. The van der Waals surface area contributed by atoms with Crippen LogP contribution in [0, 0.1) is 0 Å². The lowest BCUT2D eigenvalue weighted by molar-refractivity contribution is -0.206. The van der Waals surface area contributed by atoms with E-state index in [1.165, 1.54) is 24.4 Å². The predicted molar refractivity (Wildman–Crippen MR) is 106 cm³/mol. The van der Waals surface area contributed by atoms with Gasteiger partial charge in [-0.25, -0.2) is 4.79 Å². The van der Waals surface area contributed by atoms with E-state index in [4.69, 9.17) is 9.57 Å². The molecule has 32 heavy (non-hydrogen) atoms. The van der Waals surface area contributed by atoms with Gasteiger partial charge in [0, 0.05) is 18.5 Å². The van der Waals surface area contributed by atoms with E-state index in [1.54, 1.807) is 0 Å². The number of aromatic amines is 1. The molecule has 2 aromatic heterocycles. The van der Waals surface area contributed by atoms with Crippen molar-refractivity contribution in [2.24, 2.45) is 0 Å². The number of aliphatic hydroxyl groups excluding tert-OH is 1. The number of pyridine rings is 1. The standard InChI is InChI=1S/C20H19F3N4O5/c21-20(22,23)16(28)11-4-6-12(7-5-11)25-17-15-13(8-9-24-18(15)29)27(26-17)32-19(30)14-3-1-2-10-31-14/h4-9,14,16,28H,1-3,10H2,(H,24,29)(H,25,26). The van der Waals surface area contributed by atoms with Crippen molar-refractivity contribution in [3.8, 4) is 0 Å². The molecule has 1 fully saturated rings. The SMILES string of the molecule is O=C(On1nc(Nc2ccc(C(O)C(F)(F)F)cc2)c2c(=O)[nH]ccc21)C1CCCCO1. The number of benzene rings is 1. The third-order valence-electron chi connectivity index (χ3n) is 4.99. The van der Waals surface area contributed by atoms with Crippen LogP contribution in [-0.4, -0.2) is 44.9 Å². The summed E-state index contributed by atoms with van der Waals surface area (Å²) in [6, 6.07) is 6.30. The number of rotatable bonds is 5. The summed E-state index contributed by atoms with van der Waals surface area (Å²) in [7, 11) is 0. The summed E-state index contributed by atoms with van der Waals surface area (Å²) in [4.78, 5) is 33.5. The van der Waals surface area contributed by atoms with Crippen molar-refractivity contribution in [1.82, 2.24) is 14.9 Å². The maximum atomic E-state index is 12.7. The number of halogens is 3. The molecule has 0 saturated carbocycles. The van der Waals surface area contributed by atoms with Crippen molar-refractivity contribution in [3.05, 3.63) is 52.4 Å². The van der Waals surface area contributed by atoms with Crippen LogP contribution in [0.4, 0.5) is 24.7 Å². The molecular formula is C20H19F3N4O5. The first-order valence-electron chi connectivity index (χ1n) is 9.80. The topological polar surface area (TPSA) is 118 Å². The molecule has 0 bridgehead atoms. The second-order valence-corrected chi connectivity index (χ2v) is 7.25. The Balaban J connectivity index is 1.60. The van der Waals surface area contributed by atoms with E-state index in [9.17, 15) is 27.9 Å². The Kier molecular flexibility index (Phi) is 5.89. The molecule has 1 aromatic carbocycles. The first-order chi connectivity index (χ1) is 15.2. The number of hydrogen-bond acceptors (Lipinski definition) is 7. The number of anilines is 2. The number of ether oxygens (including phenoxy) is 1. The Morgan fingerprint density at radius 1 is 1.28 bits per heavy atom. The Morgan fingerprint density at radius 3 is 2.69 bits per heavy atom. The van der Waals surface area contributed by atoms with Crippen molar-refractivity contribution in [2.45, 2.75) is 37.6 Å². The molecule has 1 saturated heterocycles. The molecular weight excluding hydrogens is 433 g/mol. The molecule has 2 atom stereocenters. The molecule has 0 amide bonds. The average molecular weight is 452 g/mol. The van der Waals surface area contributed by atoms with Gasteiger partial charge in [0.25, 0.3) is 5.56 Å². The lowest BCUT2D eigenvalue weighted by atomic mass is 10.1. The van der Waals surface area contributed by atoms with E-state index in [0.717, 1.165) is 29.8 Å². The molecule has 1 aliphatic rings. The van der Waals surface area contributed by atoms with E-state index in [2.05, 4.69) is 15.4 Å². The van der Waals surface area contributed by atoms with Gasteiger partial charge in [-0.2, -0.15) is 13.2 Å². The molecule has 3 aromatic rings. The molecule has 4 rings (SSSR count). The number of H-pyrrole nitrogens is 1. The summed E-state index contributed by atoms with van der Waals surface area (Å²) < 4.78 is 43.4. The lowest BCUT2D eigenvalue weighted by Crippen LogP contribution is -2.35. The Labute approximate surface area is 178 Å². The van der Waals surface area contributed by atoms with Gasteiger partial charge < -0.3 is 25.0 Å². The van der Waals surface area contributed by atoms with Gasteiger partial charge in [0.15, 0.2) is 18.0 Å². The zero-order valence-electron chi connectivity index (χ0n) is 16.6. The van der Waals surface area contributed by atoms with E-state index in [0.29, 0.717) is 18.7 Å². The minimum Gasteiger partial charge on any atom is -0.379 e. The number of carbonyl (C=O) groups is 1. The number of aliphatic hydroxyl groups is 1. The van der Waals surface area contributed by atoms with Gasteiger partial charge in [-0.3, -0.25) is 4.79 Å². The summed E-state index contributed by atoms with van der Waals surface area (Å²) >= 11 is 0. The van der Waals surface area contributed by atoms with Gasteiger partial charge in [-0.15, -0.1) is 5.10 Å². The van der Waals surface area contributed by atoms with E-state index < -0.39 is 29.9 Å². The number of fused-ring (bicyclic) bond motifs is 1. The lowest BCUT2D eigenvalue weighted by Gasteiger charge is -2.20. The number of nitrogens with zero attached hydrogens (tertiary/aromatic N) is 2. The van der Waals surface area contributed by atoms with Crippen molar-refractivity contribution in [1.29, 1.82) is 0 Å². The molecule has 9 nitrogen and oxygen atoms in total. The summed E-state index contributed by atoms with van der Waals surface area (Å²) in [5, 5.41) is 16.4. The average Bonchev–Trinajstić information content (AvgIpc) is 3.12. The van der Waals surface area contributed by atoms with Gasteiger partial charge in [0.1, 0.15) is 10.9 Å². The predicted octanol–water partition coefficient (Wildman–Crippen LogP) is 2.59. The molecule has 12 heteroatoms. The van der Waals surface area contributed by atoms with E-state index in [1.807, 2.05) is 0 Å². The van der Waals surface area contributed by atoms with Crippen LogP contribution < -0.4 is 15.7 Å². The van der Waals surface area contributed by atoms with Gasteiger partial charge in [-0.05, 0) is 43.0 Å². The van der Waals surface area contributed by atoms with Crippen LogP contribution in [-0.2, 0) is 9.53 Å². The third-order valence-corrected chi connectivity index (χ3v) is 4.99. The Hall–Kier alpha value is -3.38. The molecule has 3 heterocycles. The molecule has 2 unspecified atom stereocenters. The highest BCUT2D eigenvalue weighted by molar-refractivity contribution is 5.91. The quantitative estimate of drug-likeness (QED) is 0.545. The molecule has 3 N–H and O–H groups in total. The monoisotopic (exact) mass is 452 g/mol. The number of alkyl halides is 3. The first-order valence-corrected chi connectivity index (χ1v) is 9.80. The largest absolute Gasteiger partial charge is 0.418 e. The number of aromatic nitrogens is 3. The van der Waals surface area contributed by atoms with Crippen LogP contribution in [0.2, 0.25) is 0 Å². The van der Waals surface area contributed by atoms with Crippen LogP contribution in [0.15, 0.2) is 41.3 Å². The molecule has 0 spiro atoms. The van der Waals surface area contributed by atoms with Crippen molar-refractivity contribution in [3.63, 3.8) is 0 Å². The van der Waals surface area contributed by atoms with Gasteiger partial charge in [0.05, 0.1) is 0 Å². The minimum absolute atomic E-state index is 0.0309. The fourth-order valence-corrected chi connectivity index (χ4v) is 3.35. The maximum absolute atomic E-state index is 12.7. The molecule has 0 aliphatic carbocycles. The Bertz CT molecular complexity index is 1170. The first kappa shape index (κ1) is 21.8. The maximum Gasteiger partial charge on any atom is 0.418 e. The van der Waals surface area contributed by atoms with Crippen molar-refractivity contribution in [2.75, 3.05) is 11.9 Å². The summed E-state index contributed by atoms with van der Waals surface area (Å²) in [5.74, 6) is -0.616. The summed E-state index contributed by atoms with van der Waals surface area (Å²) in [6.07, 6.45) is -4.56. The highest BCUT2D eigenvalue weighted by Crippen LogP contribution is 2.33. The van der Waals surface area contributed by atoms with E-state index >= 15 is 0 Å². The number of nitrogens with one attached hydrogen (secondary N) is 2. The third kappa shape index (κ3) is 4.46. The van der Waals surface area contributed by atoms with Gasteiger partial charge in [-0.1, -0.05) is 17.0 Å². The van der Waals surface area contributed by atoms with Crippen LogP contribution in [0.3, 0.4) is 0 Å². The second-order valence-electron chi connectivity index (χ2n) is 7.25. The highest BCUT2D eigenvalue weighted by atomic mass is 19.4. The van der Waals surface area contributed by atoms with Gasteiger partial charge >= 0.3 is 12.1 Å². The molecule has 0 radical (unpaired) electrons.